The highest BCUT2D eigenvalue weighted by Gasteiger charge is 2.44. The van der Waals surface area contributed by atoms with Crippen LogP contribution in [0.1, 0.15) is 45.1 Å². The van der Waals surface area contributed by atoms with Crippen LogP contribution in [-0.2, 0) is 19.3 Å². The Bertz CT molecular complexity index is 1270. The number of hydrogen-bond donors (Lipinski definition) is 1. The SMILES string of the molecule is Cc1c(Nc2ccc(S(=O)(=O)C3CC3)cc2F)ncnc1OC1CC2COCC(C1)N2C(=O)OC(C)C. The first kappa shape index (κ1) is 25.7. The maximum atomic E-state index is 14.8. The molecule has 12 heteroatoms. The third-order valence-corrected chi connectivity index (χ3v) is 9.09. The van der Waals surface area contributed by atoms with Gasteiger partial charge in [-0.3, -0.25) is 4.90 Å². The molecular weight excluding hydrogens is 503 g/mol. The molecule has 1 saturated carbocycles. The number of halogens is 1. The van der Waals surface area contributed by atoms with Crippen LogP contribution in [0.3, 0.4) is 0 Å². The van der Waals surface area contributed by atoms with Crippen molar-refractivity contribution in [2.24, 2.45) is 0 Å². The minimum atomic E-state index is -3.49. The second-order valence-electron chi connectivity index (χ2n) is 10.1. The molecule has 1 aromatic heterocycles. The molecule has 2 saturated heterocycles. The number of sulfone groups is 1. The lowest BCUT2D eigenvalue weighted by molar-refractivity contribution is -0.0934. The zero-order chi connectivity index (χ0) is 26.3. The molecule has 37 heavy (non-hydrogen) atoms. The van der Waals surface area contributed by atoms with Crippen LogP contribution in [0.2, 0.25) is 0 Å². The van der Waals surface area contributed by atoms with Crippen LogP contribution >= 0.6 is 0 Å². The number of nitrogens with one attached hydrogen (secondary N) is 1. The van der Waals surface area contributed by atoms with Crippen molar-refractivity contribution in [2.75, 3.05) is 18.5 Å². The molecule has 0 radical (unpaired) electrons. The van der Waals surface area contributed by atoms with Crippen molar-refractivity contribution in [3.63, 3.8) is 0 Å². The molecule has 2 atom stereocenters. The number of morpholine rings is 1. The summed E-state index contributed by atoms with van der Waals surface area (Å²) in [6.45, 7) is 6.22. The van der Waals surface area contributed by atoms with Crippen LogP contribution in [0.4, 0.5) is 20.7 Å². The predicted molar refractivity (Wildman–Crippen MR) is 132 cm³/mol. The number of rotatable bonds is 7. The number of carbonyl (C=O) groups excluding carboxylic acids is 1. The summed E-state index contributed by atoms with van der Waals surface area (Å²) < 4.78 is 57.0. The lowest BCUT2D eigenvalue weighted by Crippen LogP contribution is -2.61. The highest BCUT2D eigenvalue weighted by molar-refractivity contribution is 7.92. The number of anilines is 2. The van der Waals surface area contributed by atoms with Gasteiger partial charge in [0.25, 0.3) is 0 Å². The number of ether oxygens (including phenoxy) is 3. The van der Waals surface area contributed by atoms with Crippen molar-refractivity contribution in [3.8, 4) is 5.88 Å². The molecule has 1 amide bonds. The Morgan fingerprint density at radius 2 is 1.89 bits per heavy atom. The Hall–Kier alpha value is -2.99. The molecule has 3 fully saturated rings. The normalized spacial score (nSPS) is 23.6. The van der Waals surface area contributed by atoms with Crippen molar-refractivity contribution in [1.82, 2.24) is 14.9 Å². The van der Waals surface area contributed by atoms with Gasteiger partial charge < -0.3 is 19.5 Å². The van der Waals surface area contributed by atoms with Crippen LogP contribution in [-0.4, -0.2) is 72.1 Å². The molecule has 3 heterocycles. The Kier molecular flexibility index (Phi) is 6.97. The number of nitrogens with zero attached hydrogens (tertiary/aromatic N) is 3. The maximum Gasteiger partial charge on any atom is 0.410 e. The van der Waals surface area contributed by atoms with E-state index in [9.17, 15) is 17.6 Å². The minimum absolute atomic E-state index is 0.0142. The van der Waals surface area contributed by atoms with Crippen molar-refractivity contribution in [2.45, 2.75) is 80.9 Å². The second-order valence-corrected chi connectivity index (χ2v) is 12.3. The van der Waals surface area contributed by atoms with Crippen LogP contribution in [0.5, 0.6) is 5.88 Å². The number of fused-ring (bicyclic) bond motifs is 2. The van der Waals surface area contributed by atoms with E-state index in [4.69, 9.17) is 14.2 Å². The summed E-state index contributed by atoms with van der Waals surface area (Å²) in [6, 6.07) is 3.53. The summed E-state index contributed by atoms with van der Waals surface area (Å²) in [5, 5.41) is 2.52. The smallest absolute Gasteiger partial charge is 0.410 e. The van der Waals surface area contributed by atoms with Gasteiger partial charge in [0.2, 0.25) is 5.88 Å². The van der Waals surface area contributed by atoms with E-state index in [-0.39, 0.29) is 41.0 Å². The number of piperidine rings is 1. The van der Waals surface area contributed by atoms with Gasteiger partial charge in [0, 0.05) is 12.8 Å². The van der Waals surface area contributed by atoms with E-state index in [0.29, 0.717) is 56.2 Å². The molecule has 10 nitrogen and oxygen atoms in total. The Labute approximate surface area is 215 Å². The fourth-order valence-corrected chi connectivity index (χ4v) is 6.50. The average molecular weight is 535 g/mol. The fourth-order valence-electron chi connectivity index (χ4n) is 4.83. The Morgan fingerprint density at radius 3 is 2.51 bits per heavy atom. The van der Waals surface area contributed by atoms with Gasteiger partial charge in [-0.1, -0.05) is 0 Å². The zero-order valence-electron chi connectivity index (χ0n) is 21.0. The first-order valence-electron chi connectivity index (χ1n) is 12.5. The van der Waals surface area contributed by atoms with E-state index >= 15 is 0 Å². The summed E-state index contributed by atoms with van der Waals surface area (Å²) in [7, 11) is -3.49. The standard InChI is InChI=1S/C25H31FN4O6S/c1-14(2)35-25(31)30-16-8-18(9-17(30)12-34-11-16)36-24-15(3)23(27-13-28-24)29-22-7-6-20(10-21(22)26)37(32,33)19-4-5-19/h6-7,10,13-14,16-19H,4-5,8-9,11-12H2,1-3H3,(H,27,28,29). The predicted octanol–water partition coefficient (Wildman–Crippen LogP) is 3.76. The van der Waals surface area contributed by atoms with Gasteiger partial charge in [0.1, 0.15) is 24.1 Å². The van der Waals surface area contributed by atoms with E-state index in [1.807, 2.05) is 13.8 Å². The summed E-state index contributed by atoms with van der Waals surface area (Å²) in [6.07, 6.45) is 2.92. The van der Waals surface area contributed by atoms with Crippen molar-refractivity contribution in [3.05, 3.63) is 35.9 Å². The van der Waals surface area contributed by atoms with Crippen LogP contribution in [0.25, 0.3) is 0 Å². The molecule has 2 aliphatic heterocycles. The monoisotopic (exact) mass is 534 g/mol. The van der Waals surface area contributed by atoms with Gasteiger partial charge in [0.15, 0.2) is 9.84 Å². The van der Waals surface area contributed by atoms with Crippen LogP contribution < -0.4 is 10.1 Å². The molecular formula is C25H31FN4O6S. The maximum absolute atomic E-state index is 14.8. The lowest BCUT2D eigenvalue weighted by atomic mass is 9.92. The zero-order valence-corrected chi connectivity index (χ0v) is 21.8. The van der Waals surface area contributed by atoms with Gasteiger partial charge in [-0.2, -0.15) is 0 Å². The molecule has 1 aromatic carbocycles. The minimum Gasteiger partial charge on any atom is -0.474 e. The molecule has 2 bridgehead atoms. The van der Waals surface area contributed by atoms with E-state index in [1.165, 1.54) is 18.5 Å². The van der Waals surface area contributed by atoms with Gasteiger partial charge in [-0.25, -0.2) is 27.6 Å². The number of hydrogen-bond acceptors (Lipinski definition) is 9. The number of amides is 1. The molecule has 2 aromatic rings. The van der Waals surface area contributed by atoms with E-state index in [0.717, 1.165) is 6.07 Å². The van der Waals surface area contributed by atoms with Crippen molar-refractivity contribution < 1.29 is 31.8 Å². The quantitative estimate of drug-likeness (QED) is 0.566. The van der Waals surface area contributed by atoms with Crippen molar-refractivity contribution >= 4 is 27.4 Å². The van der Waals surface area contributed by atoms with Crippen molar-refractivity contribution in [1.29, 1.82) is 0 Å². The number of carbonyl (C=O) groups is 1. The number of benzene rings is 1. The highest BCUT2D eigenvalue weighted by Crippen LogP contribution is 2.36. The Balaban J connectivity index is 1.28. The molecule has 5 rings (SSSR count). The fraction of sp³-hybridized carbons (Fsp3) is 0.560. The first-order valence-corrected chi connectivity index (χ1v) is 14.0. The summed E-state index contributed by atoms with van der Waals surface area (Å²) in [4.78, 5) is 22.9. The summed E-state index contributed by atoms with van der Waals surface area (Å²) in [5.41, 5.74) is 0.686. The molecule has 1 aliphatic carbocycles. The van der Waals surface area contributed by atoms with Gasteiger partial charge >= 0.3 is 6.09 Å². The highest BCUT2D eigenvalue weighted by atomic mass is 32.2. The van der Waals surface area contributed by atoms with E-state index < -0.39 is 20.9 Å². The van der Waals surface area contributed by atoms with Crippen LogP contribution in [0, 0.1) is 12.7 Å². The third kappa shape index (κ3) is 5.35. The molecule has 200 valence electrons. The molecule has 1 N–H and O–H groups in total. The van der Waals surface area contributed by atoms with Gasteiger partial charge in [-0.15, -0.1) is 0 Å². The molecule has 3 aliphatic rings. The molecule has 2 unspecified atom stereocenters. The second kappa shape index (κ2) is 10.1. The lowest BCUT2D eigenvalue weighted by Gasteiger charge is -2.47. The van der Waals surface area contributed by atoms with Gasteiger partial charge in [-0.05, 0) is 51.8 Å². The van der Waals surface area contributed by atoms with E-state index in [1.54, 1.807) is 11.8 Å². The average Bonchev–Trinajstić information content (AvgIpc) is 3.68. The summed E-state index contributed by atoms with van der Waals surface area (Å²) in [5.74, 6) is 0.0203. The topological polar surface area (TPSA) is 120 Å². The van der Waals surface area contributed by atoms with E-state index in [2.05, 4.69) is 15.3 Å². The van der Waals surface area contributed by atoms with Gasteiger partial charge in [0.05, 0.1) is 52.8 Å². The molecule has 0 spiro atoms. The third-order valence-electron chi connectivity index (χ3n) is 6.83. The summed E-state index contributed by atoms with van der Waals surface area (Å²) >= 11 is 0. The Morgan fingerprint density at radius 1 is 1.19 bits per heavy atom. The largest absolute Gasteiger partial charge is 0.474 e. The van der Waals surface area contributed by atoms with Crippen LogP contribution in [0.15, 0.2) is 29.4 Å². The first-order chi connectivity index (χ1) is 17.6. The number of aromatic nitrogens is 2.